The number of carbonyl (C=O) groups excluding carboxylic acids is 1. The molecule has 0 aromatic heterocycles. The van der Waals surface area contributed by atoms with Crippen LogP contribution in [0.25, 0.3) is 0 Å². The Hall–Kier alpha value is -2.56. The van der Waals surface area contributed by atoms with E-state index in [-0.39, 0.29) is 11.7 Å². The minimum Gasteiger partial charge on any atom is -0.494 e. The molecule has 0 aliphatic rings. The molecule has 0 unspecified atom stereocenters. The van der Waals surface area contributed by atoms with Crippen LogP contribution in [-0.2, 0) is 0 Å². The maximum absolute atomic E-state index is 13.1. The van der Waals surface area contributed by atoms with E-state index in [1.165, 1.54) is 25.3 Å². The Balaban J connectivity index is 2.28. The zero-order valence-electron chi connectivity index (χ0n) is 11.2. The van der Waals surface area contributed by atoms with Gasteiger partial charge in [0, 0.05) is 17.3 Å². The zero-order chi connectivity index (χ0) is 14.7. The van der Waals surface area contributed by atoms with Crippen LogP contribution in [0.1, 0.15) is 15.9 Å². The summed E-state index contributed by atoms with van der Waals surface area (Å²) in [6.07, 6.45) is 0. The first kappa shape index (κ1) is 13.9. The molecule has 0 aliphatic carbocycles. The van der Waals surface area contributed by atoms with Crippen molar-refractivity contribution in [1.29, 1.82) is 0 Å². The van der Waals surface area contributed by atoms with E-state index in [0.29, 0.717) is 16.9 Å². The number of methoxy groups -OCH3 is 1. The van der Waals surface area contributed by atoms with Crippen LogP contribution < -0.4 is 15.8 Å². The number of carbonyl (C=O) groups is 1. The maximum Gasteiger partial charge on any atom is 0.256 e. The molecule has 0 aliphatic heterocycles. The summed E-state index contributed by atoms with van der Waals surface area (Å²) in [7, 11) is 1.42. The fraction of sp³-hybridized carbons (Fsp3) is 0.133. The van der Waals surface area contributed by atoms with Crippen molar-refractivity contribution in [3.8, 4) is 5.75 Å². The standard InChI is InChI=1S/C15H15FN2O2/c1-9-7-11(17)4-5-12(9)15(19)18-13-6-3-10(16)8-14(13)20-2/h3-8H,17H2,1-2H3,(H,18,19). The monoisotopic (exact) mass is 274 g/mol. The van der Waals surface area contributed by atoms with Gasteiger partial charge in [0.25, 0.3) is 5.91 Å². The lowest BCUT2D eigenvalue weighted by Gasteiger charge is -2.11. The molecule has 4 nitrogen and oxygen atoms in total. The molecular formula is C15H15FN2O2. The Kier molecular flexibility index (Phi) is 3.89. The van der Waals surface area contributed by atoms with Crippen molar-refractivity contribution in [2.75, 3.05) is 18.2 Å². The minimum absolute atomic E-state index is 0.270. The number of ether oxygens (including phenoxy) is 1. The van der Waals surface area contributed by atoms with Crippen molar-refractivity contribution in [2.24, 2.45) is 0 Å². The van der Waals surface area contributed by atoms with Crippen molar-refractivity contribution < 1.29 is 13.9 Å². The minimum atomic E-state index is -0.427. The van der Waals surface area contributed by atoms with Gasteiger partial charge in [-0.05, 0) is 42.8 Å². The summed E-state index contributed by atoms with van der Waals surface area (Å²) >= 11 is 0. The predicted molar refractivity (Wildman–Crippen MR) is 76.5 cm³/mol. The molecule has 1 amide bonds. The van der Waals surface area contributed by atoms with Gasteiger partial charge in [-0.3, -0.25) is 4.79 Å². The fourth-order valence-electron chi connectivity index (χ4n) is 1.90. The third kappa shape index (κ3) is 2.88. The lowest BCUT2D eigenvalue weighted by Crippen LogP contribution is -2.14. The predicted octanol–water partition coefficient (Wildman–Crippen LogP) is 2.98. The van der Waals surface area contributed by atoms with Crippen molar-refractivity contribution in [2.45, 2.75) is 6.92 Å². The van der Waals surface area contributed by atoms with Crippen LogP contribution in [0, 0.1) is 12.7 Å². The number of nitrogens with one attached hydrogen (secondary N) is 1. The van der Waals surface area contributed by atoms with Crippen molar-refractivity contribution in [3.63, 3.8) is 0 Å². The van der Waals surface area contributed by atoms with Crippen LogP contribution in [0.2, 0.25) is 0 Å². The molecule has 0 heterocycles. The topological polar surface area (TPSA) is 64.3 Å². The molecule has 2 aromatic rings. The summed E-state index contributed by atoms with van der Waals surface area (Å²) < 4.78 is 18.1. The second-order valence-corrected chi connectivity index (χ2v) is 4.37. The van der Waals surface area contributed by atoms with Crippen LogP contribution in [0.3, 0.4) is 0 Å². The molecule has 0 atom stereocenters. The van der Waals surface area contributed by atoms with Gasteiger partial charge in [0.15, 0.2) is 0 Å². The number of aryl methyl sites for hydroxylation is 1. The van der Waals surface area contributed by atoms with E-state index in [1.54, 1.807) is 25.1 Å². The van der Waals surface area contributed by atoms with Crippen LogP contribution in [-0.4, -0.2) is 13.0 Å². The smallest absolute Gasteiger partial charge is 0.256 e. The van der Waals surface area contributed by atoms with Gasteiger partial charge in [0.1, 0.15) is 11.6 Å². The van der Waals surface area contributed by atoms with Crippen LogP contribution >= 0.6 is 0 Å². The molecule has 5 heteroatoms. The fourth-order valence-corrected chi connectivity index (χ4v) is 1.90. The molecule has 0 saturated carbocycles. The number of hydrogen-bond acceptors (Lipinski definition) is 3. The highest BCUT2D eigenvalue weighted by molar-refractivity contribution is 6.06. The molecule has 20 heavy (non-hydrogen) atoms. The lowest BCUT2D eigenvalue weighted by atomic mass is 10.1. The molecule has 0 radical (unpaired) electrons. The van der Waals surface area contributed by atoms with E-state index in [9.17, 15) is 9.18 Å². The Morgan fingerprint density at radius 3 is 2.65 bits per heavy atom. The van der Waals surface area contributed by atoms with Crippen molar-refractivity contribution in [3.05, 3.63) is 53.3 Å². The summed E-state index contributed by atoms with van der Waals surface area (Å²) in [6, 6.07) is 8.95. The second-order valence-electron chi connectivity index (χ2n) is 4.37. The number of nitrogens with two attached hydrogens (primary N) is 1. The van der Waals surface area contributed by atoms with Crippen molar-refractivity contribution in [1.82, 2.24) is 0 Å². The number of benzene rings is 2. The van der Waals surface area contributed by atoms with E-state index in [4.69, 9.17) is 10.5 Å². The number of amides is 1. The number of rotatable bonds is 3. The van der Waals surface area contributed by atoms with Gasteiger partial charge < -0.3 is 15.8 Å². The molecule has 0 bridgehead atoms. The maximum atomic E-state index is 13.1. The average molecular weight is 274 g/mol. The lowest BCUT2D eigenvalue weighted by molar-refractivity contribution is 0.102. The first-order valence-electron chi connectivity index (χ1n) is 6.02. The first-order valence-corrected chi connectivity index (χ1v) is 6.02. The molecule has 2 aromatic carbocycles. The molecule has 104 valence electrons. The molecule has 3 N–H and O–H groups in total. The SMILES string of the molecule is COc1cc(F)ccc1NC(=O)c1ccc(N)cc1C. The highest BCUT2D eigenvalue weighted by atomic mass is 19.1. The van der Waals surface area contributed by atoms with E-state index in [2.05, 4.69) is 5.32 Å². The van der Waals surface area contributed by atoms with Crippen LogP contribution in [0.5, 0.6) is 5.75 Å². The Labute approximate surface area is 116 Å². The van der Waals surface area contributed by atoms with Crippen LogP contribution in [0.15, 0.2) is 36.4 Å². The molecule has 0 fully saturated rings. The van der Waals surface area contributed by atoms with Gasteiger partial charge in [-0.25, -0.2) is 4.39 Å². The Morgan fingerprint density at radius 1 is 1.25 bits per heavy atom. The normalized spacial score (nSPS) is 10.2. The van der Waals surface area contributed by atoms with E-state index < -0.39 is 5.82 Å². The van der Waals surface area contributed by atoms with E-state index >= 15 is 0 Å². The highest BCUT2D eigenvalue weighted by Crippen LogP contribution is 2.26. The number of nitrogen functional groups attached to an aromatic ring is 1. The van der Waals surface area contributed by atoms with Gasteiger partial charge >= 0.3 is 0 Å². The van der Waals surface area contributed by atoms with Gasteiger partial charge in [-0.2, -0.15) is 0 Å². The first-order chi connectivity index (χ1) is 9.51. The summed E-state index contributed by atoms with van der Waals surface area (Å²) in [4.78, 5) is 12.2. The quantitative estimate of drug-likeness (QED) is 0.846. The average Bonchev–Trinajstić information content (AvgIpc) is 2.40. The molecular weight excluding hydrogens is 259 g/mol. The Morgan fingerprint density at radius 2 is 2.00 bits per heavy atom. The highest BCUT2D eigenvalue weighted by Gasteiger charge is 2.12. The zero-order valence-corrected chi connectivity index (χ0v) is 11.2. The number of hydrogen-bond donors (Lipinski definition) is 2. The summed E-state index contributed by atoms with van der Waals surface area (Å²) in [5, 5.41) is 2.69. The van der Waals surface area contributed by atoms with Gasteiger partial charge in [-0.15, -0.1) is 0 Å². The number of anilines is 2. The van der Waals surface area contributed by atoms with E-state index in [0.717, 1.165) is 5.56 Å². The van der Waals surface area contributed by atoms with Crippen molar-refractivity contribution >= 4 is 17.3 Å². The van der Waals surface area contributed by atoms with Gasteiger partial charge in [0.2, 0.25) is 0 Å². The number of halogens is 1. The van der Waals surface area contributed by atoms with Crippen LogP contribution in [0.4, 0.5) is 15.8 Å². The second kappa shape index (κ2) is 5.61. The summed E-state index contributed by atoms with van der Waals surface area (Å²) in [6.45, 7) is 1.80. The molecule has 0 saturated heterocycles. The van der Waals surface area contributed by atoms with E-state index in [1.807, 2.05) is 0 Å². The summed E-state index contributed by atoms with van der Waals surface area (Å²) in [5.41, 5.74) is 7.93. The molecule has 2 rings (SSSR count). The largest absolute Gasteiger partial charge is 0.494 e. The third-order valence-corrected chi connectivity index (χ3v) is 2.91. The Bertz CT molecular complexity index is 656. The van der Waals surface area contributed by atoms with Gasteiger partial charge in [0.05, 0.1) is 12.8 Å². The molecule has 0 spiro atoms. The third-order valence-electron chi connectivity index (χ3n) is 2.91. The summed E-state index contributed by atoms with van der Waals surface area (Å²) in [5.74, 6) is -0.456. The van der Waals surface area contributed by atoms with Gasteiger partial charge in [-0.1, -0.05) is 0 Å².